The average molecular weight is 413 g/mol. The van der Waals surface area contributed by atoms with Gasteiger partial charge in [0.2, 0.25) is 0 Å². The first kappa shape index (κ1) is 19.9. The third-order valence-corrected chi connectivity index (χ3v) is 4.44. The highest BCUT2D eigenvalue weighted by Crippen LogP contribution is 2.29. The zero-order chi connectivity index (χ0) is 21.6. The molecular weight excluding hydrogens is 394 g/mol. The van der Waals surface area contributed by atoms with Gasteiger partial charge in [-0.3, -0.25) is 0 Å². The molecule has 0 bridgehead atoms. The Hall–Kier alpha value is -4.39. The van der Waals surface area contributed by atoms with Crippen LogP contribution in [0.4, 0.5) is 0 Å². The Bertz CT molecular complexity index is 1220. The Balaban J connectivity index is 1.63. The van der Waals surface area contributed by atoms with Gasteiger partial charge in [0.1, 0.15) is 11.5 Å². The highest BCUT2D eigenvalue weighted by molar-refractivity contribution is 5.71. The Morgan fingerprint density at radius 2 is 1.65 bits per heavy atom. The van der Waals surface area contributed by atoms with Gasteiger partial charge in [0.25, 0.3) is 0 Å². The molecule has 154 valence electrons. The van der Waals surface area contributed by atoms with Crippen LogP contribution in [0.5, 0.6) is 11.5 Å². The number of aromatic nitrogens is 3. The van der Waals surface area contributed by atoms with Crippen molar-refractivity contribution in [3.63, 3.8) is 0 Å². The third-order valence-electron chi connectivity index (χ3n) is 4.44. The first-order chi connectivity index (χ1) is 15.1. The van der Waals surface area contributed by atoms with Crippen molar-refractivity contribution in [3.8, 4) is 28.6 Å². The van der Waals surface area contributed by atoms with Crippen LogP contribution in [0.3, 0.4) is 0 Å². The van der Waals surface area contributed by atoms with Gasteiger partial charge in [0.05, 0.1) is 11.3 Å². The molecule has 0 amide bonds. The molecule has 1 aromatic heterocycles. The lowest BCUT2D eigenvalue weighted by Crippen LogP contribution is -2.09. The largest absolute Gasteiger partial charge is 0.507 e. The van der Waals surface area contributed by atoms with Crippen LogP contribution in [0, 0.1) is 0 Å². The van der Waals surface area contributed by atoms with E-state index in [1.165, 1.54) is 0 Å². The SMILES string of the molecule is O=C(O)COc1ccc(/C=C/c2nc(-c3ccccc3O)n(-c3ccccc3)n2)cc1. The molecule has 2 N–H and O–H groups in total. The van der Waals surface area contributed by atoms with Gasteiger partial charge in [0.15, 0.2) is 18.3 Å². The van der Waals surface area contributed by atoms with Crippen LogP contribution in [-0.2, 0) is 4.79 Å². The molecule has 7 nitrogen and oxygen atoms in total. The van der Waals surface area contributed by atoms with Gasteiger partial charge in [0, 0.05) is 0 Å². The molecule has 0 spiro atoms. The highest BCUT2D eigenvalue weighted by Gasteiger charge is 2.15. The molecule has 4 rings (SSSR count). The number of carbonyl (C=O) groups is 1. The van der Waals surface area contributed by atoms with Gasteiger partial charge in [-0.05, 0) is 48.0 Å². The minimum atomic E-state index is -1.02. The number of benzene rings is 3. The van der Waals surface area contributed by atoms with Crippen LogP contribution in [-0.4, -0.2) is 37.6 Å². The molecular formula is C24H19N3O4. The lowest BCUT2D eigenvalue weighted by molar-refractivity contribution is -0.139. The Kier molecular flexibility index (Phi) is 5.75. The van der Waals surface area contributed by atoms with Crippen LogP contribution in [0.1, 0.15) is 11.4 Å². The van der Waals surface area contributed by atoms with Gasteiger partial charge >= 0.3 is 5.97 Å². The minimum absolute atomic E-state index is 0.125. The summed E-state index contributed by atoms with van der Waals surface area (Å²) in [5.41, 5.74) is 2.29. The molecule has 7 heteroatoms. The van der Waals surface area contributed by atoms with E-state index in [-0.39, 0.29) is 12.4 Å². The average Bonchev–Trinajstić information content (AvgIpc) is 3.22. The van der Waals surface area contributed by atoms with Gasteiger partial charge in [-0.25, -0.2) is 14.5 Å². The van der Waals surface area contributed by atoms with E-state index < -0.39 is 5.97 Å². The maximum atomic E-state index is 10.6. The lowest BCUT2D eigenvalue weighted by Gasteiger charge is -2.06. The lowest BCUT2D eigenvalue weighted by atomic mass is 10.2. The van der Waals surface area contributed by atoms with Crippen LogP contribution in [0.2, 0.25) is 0 Å². The Morgan fingerprint density at radius 1 is 0.935 bits per heavy atom. The maximum absolute atomic E-state index is 10.6. The van der Waals surface area contributed by atoms with Gasteiger partial charge in [-0.15, -0.1) is 5.10 Å². The summed E-state index contributed by atoms with van der Waals surface area (Å²) in [4.78, 5) is 15.2. The van der Waals surface area contributed by atoms with Crippen molar-refractivity contribution in [2.45, 2.75) is 0 Å². The minimum Gasteiger partial charge on any atom is -0.507 e. The zero-order valence-electron chi connectivity index (χ0n) is 16.4. The number of hydrogen-bond acceptors (Lipinski definition) is 5. The molecule has 0 saturated heterocycles. The van der Waals surface area contributed by atoms with E-state index in [1.54, 1.807) is 41.1 Å². The molecule has 0 aliphatic heterocycles. The number of carboxylic acids is 1. The highest BCUT2D eigenvalue weighted by atomic mass is 16.5. The van der Waals surface area contributed by atoms with Crippen molar-refractivity contribution in [3.05, 3.63) is 90.3 Å². The van der Waals surface area contributed by atoms with E-state index in [0.717, 1.165) is 11.3 Å². The topological polar surface area (TPSA) is 97.5 Å². The van der Waals surface area contributed by atoms with E-state index >= 15 is 0 Å². The smallest absolute Gasteiger partial charge is 0.341 e. The predicted molar refractivity (Wildman–Crippen MR) is 117 cm³/mol. The standard InChI is InChI=1S/C24H19N3O4/c28-21-9-5-4-8-20(21)24-25-22(26-27(24)18-6-2-1-3-7-18)15-12-17-10-13-19(14-11-17)31-16-23(29)30/h1-15,28H,16H2,(H,29,30)/b15-12+. The molecule has 0 aliphatic carbocycles. The van der Waals surface area contributed by atoms with Crippen LogP contribution in [0.25, 0.3) is 29.2 Å². The summed E-state index contributed by atoms with van der Waals surface area (Å²) in [5.74, 6) is 0.589. The molecule has 4 aromatic rings. The molecule has 0 saturated carbocycles. The fraction of sp³-hybridized carbons (Fsp3) is 0.0417. The molecule has 1 heterocycles. The van der Waals surface area contributed by atoms with E-state index in [9.17, 15) is 9.90 Å². The summed E-state index contributed by atoms with van der Waals surface area (Å²) < 4.78 is 6.83. The molecule has 0 radical (unpaired) electrons. The first-order valence-corrected chi connectivity index (χ1v) is 9.54. The summed E-state index contributed by atoms with van der Waals surface area (Å²) in [5, 5.41) is 23.6. The number of para-hydroxylation sites is 2. The number of carboxylic acid groups (broad SMARTS) is 1. The predicted octanol–water partition coefficient (Wildman–Crippen LogP) is 4.27. The fourth-order valence-electron chi connectivity index (χ4n) is 2.98. The summed E-state index contributed by atoms with van der Waals surface area (Å²) in [6.45, 7) is -0.384. The van der Waals surface area contributed by atoms with Gasteiger partial charge in [-0.2, -0.15) is 0 Å². The number of hydrogen-bond donors (Lipinski definition) is 2. The van der Waals surface area contributed by atoms with Crippen molar-refractivity contribution in [2.24, 2.45) is 0 Å². The second-order valence-electron chi connectivity index (χ2n) is 6.64. The zero-order valence-corrected chi connectivity index (χ0v) is 16.4. The quantitative estimate of drug-likeness (QED) is 0.470. The Morgan fingerprint density at radius 3 is 2.35 bits per heavy atom. The number of phenols is 1. The van der Waals surface area contributed by atoms with E-state index in [1.807, 2.05) is 54.6 Å². The molecule has 0 atom stereocenters. The summed E-state index contributed by atoms with van der Waals surface area (Å²) in [7, 11) is 0. The van der Waals surface area contributed by atoms with Gasteiger partial charge in [-0.1, -0.05) is 48.5 Å². The van der Waals surface area contributed by atoms with Crippen molar-refractivity contribution < 1.29 is 19.7 Å². The maximum Gasteiger partial charge on any atom is 0.341 e. The molecule has 0 fully saturated rings. The monoisotopic (exact) mass is 413 g/mol. The van der Waals surface area contributed by atoms with Crippen LogP contribution in [0.15, 0.2) is 78.9 Å². The summed E-state index contributed by atoms with van der Waals surface area (Å²) >= 11 is 0. The molecule has 0 aliphatic rings. The van der Waals surface area contributed by atoms with Crippen molar-refractivity contribution >= 4 is 18.1 Å². The second-order valence-corrected chi connectivity index (χ2v) is 6.64. The number of aromatic hydroxyl groups is 1. The van der Waals surface area contributed by atoms with Crippen LogP contribution >= 0.6 is 0 Å². The van der Waals surface area contributed by atoms with Crippen molar-refractivity contribution in [1.29, 1.82) is 0 Å². The van der Waals surface area contributed by atoms with E-state index in [4.69, 9.17) is 9.84 Å². The molecule has 0 unspecified atom stereocenters. The number of ether oxygens (including phenoxy) is 1. The molecule has 3 aromatic carbocycles. The number of aliphatic carboxylic acids is 1. The second kappa shape index (κ2) is 8.96. The third kappa shape index (κ3) is 4.79. The normalized spacial score (nSPS) is 11.0. The van der Waals surface area contributed by atoms with E-state index in [2.05, 4.69) is 10.1 Å². The van der Waals surface area contributed by atoms with Crippen LogP contribution < -0.4 is 4.74 Å². The van der Waals surface area contributed by atoms with Gasteiger partial charge < -0.3 is 14.9 Å². The first-order valence-electron chi connectivity index (χ1n) is 9.54. The van der Waals surface area contributed by atoms with E-state index in [0.29, 0.717) is 23.0 Å². The number of rotatable bonds is 7. The van der Waals surface area contributed by atoms with Crippen molar-refractivity contribution in [1.82, 2.24) is 14.8 Å². The summed E-state index contributed by atoms with van der Waals surface area (Å²) in [6, 6.07) is 23.6. The summed E-state index contributed by atoms with van der Waals surface area (Å²) in [6.07, 6.45) is 3.62. The Labute approximate surface area is 178 Å². The van der Waals surface area contributed by atoms with Crippen molar-refractivity contribution in [2.75, 3.05) is 6.61 Å². The molecule has 31 heavy (non-hydrogen) atoms. The fourth-order valence-corrected chi connectivity index (χ4v) is 2.98. The number of phenolic OH excluding ortho intramolecular Hbond substituents is 1. The number of nitrogens with zero attached hydrogens (tertiary/aromatic N) is 3.